The summed E-state index contributed by atoms with van der Waals surface area (Å²) >= 11 is 0. The number of rotatable bonds is 22. The van der Waals surface area contributed by atoms with Gasteiger partial charge in [0.25, 0.3) is 0 Å². The predicted octanol–water partition coefficient (Wildman–Crippen LogP) is 7.69. The molecule has 0 spiro atoms. The van der Waals surface area contributed by atoms with Gasteiger partial charge in [-0.25, -0.2) is 14.4 Å². The molecule has 0 aromatic heterocycles. The first-order chi connectivity index (χ1) is 20.1. The van der Waals surface area contributed by atoms with Crippen LogP contribution in [0.15, 0.2) is 25.3 Å². The van der Waals surface area contributed by atoms with Crippen LogP contribution < -0.4 is 5.32 Å². The van der Waals surface area contributed by atoms with Gasteiger partial charge >= 0.3 is 18.0 Å². The Morgan fingerprint density at radius 1 is 0.727 bits per heavy atom. The molecular formula is C32H63NO8Si3. The topological polar surface area (TPSA) is 109 Å². The number of carbonyl (C=O) groups is 3. The van der Waals surface area contributed by atoms with Crippen LogP contribution in [0.4, 0.5) is 4.79 Å². The molecule has 1 N–H and O–H groups in total. The first-order valence-corrected chi connectivity index (χ1v) is 25.3. The molecule has 12 heteroatoms. The van der Waals surface area contributed by atoms with Crippen molar-refractivity contribution in [1.29, 1.82) is 0 Å². The number of hydrogen-bond donors (Lipinski definition) is 1. The molecule has 0 saturated carbocycles. The lowest BCUT2D eigenvalue weighted by atomic mass is 10.1. The Morgan fingerprint density at radius 3 is 1.66 bits per heavy atom. The van der Waals surface area contributed by atoms with Gasteiger partial charge in [0.1, 0.15) is 18.8 Å². The second-order valence-corrected chi connectivity index (χ2v) is 28.0. The quantitative estimate of drug-likeness (QED) is 0.0410. The summed E-state index contributed by atoms with van der Waals surface area (Å²) in [7, 11) is -6.18. The summed E-state index contributed by atoms with van der Waals surface area (Å²) in [6.07, 6.45) is 6.20. The van der Waals surface area contributed by atoms with E-state index in [4.69, 9.17) is 23.1 Å². The average molecular weight is 674 g/mol. The minimum atomic E-state index is -2.33. The van der Waals surface area contributed by atoms with Crippen LogP contribution in [0.1, 0.15) is 73.6 Å². The van der Waals surface area contributed by atoms with E-state index in [2.05, 4.69) is 92.4 Å². The van der Waals surface area contributed by atoms with Crippen LogP contribution in [0, 0.1) is 0 Å². The molecule has 44 heavy (non-hydrogen) atoms. The largest absolute Gasteiger partial charge is 0.460 e. The van der Waals surface area contributed by atoms with Gasteiger partial charge in [-0.15, -0.1) is 0 Å². The Morgan fingerprint density at radius 2 is 1.23 bits per heavy atom. The molecule has 0 radical (unpaired) electrons. The summed E-state index contributed by atoms with van der Waals surface area (Å²) < 4.78 is 30.0. The van der Waals surface area contributed by atoms with Gasteiger partial charge in [0.15, 0.2) is 8.32 Å². The van der Waals surface area contributed by atoms with Crippen molar-refractivity contribution in [3.8, 4) is 0 Å². The average Bonchev–Trinajstić information content (AvgIpc) is 2.95. The molecule has 1 amide bonds. The van der Waals surface area contributed by atoms with E-state index in [1.807, 2.05) is 0 Å². The van der Waals surface area contributed by atoms with E-state index in [-0.39, 0.29) is 30.3 Å². The Labute approximate surface area is 271 Å². The molecule has 9 nitrogen and oxygen atoms in total. The standard InChI is InChI=1S/C32H63NO8Si3/c1-15-20-24-43(11,12)40-32(8,19-5)44(13,14)41-31(7,18-4)42(9,10)23-21-22-37-29(36)33-30(6,25-38-27(34)16-2)26-39-28(35)17-3/h16-17H,2-3,15,18-26H2,1,4-14H3,(H,33,36)/t31-,32?/m1/s1. The minimum absolute atomic E-state index is 0.213. The molecule has 0 heterocycles. The summed E-state index contributed by atoms with van der Waals surface area (Å²) in [6, 6.07) is 2.06. The molecular weight excluding hydrogens is 611 g/mol. The Bertz CT molecular complexity index is 947. The second kappa shape index (κ2) is 17.8. The van der Waals surface area contributed by atoms with Crippen molar-refractivity contribution in [2.45, 2.75) is 141 Å². The third kappa shape index (κ3) is 13.3. The number of ether oxygens (including phenoxy) is 3. The number of alkyl carbamates (subject to hydrolysis) is 1. The Hall–Kier alpha value is -1.74. The van der Waals surface area contributed by atoms with Gasteiger partial charge in [-0.3, -0.25) is 0 Å². The van der Waals surface area contributed by atoms with Crippen LogP contribution >= 0.6 is 0 Å². The third-order valence-electron chi connectivity index (χ3n) is 9.15. The third-order valence-corrected chi connectivity index (χ3v) is 21.0. The van der Waals surface area contributed by atoms with Crippen molar-refractivity contribution in [3.63, 3.8) is 0 Å². The molecule has 0 saturated heterocycles. The van der Waals surface area contributed by atoms with Gasteiger partial charge in [0.05, 0.1) is 19.9 Å². The molecule has 2 atom stereocenters. The number of carbonyl (C=O) groups excluding carboxylic acids is 3. The SMILES string of the molecule is C=CC(=O)OCC(C)(COC(=O)C=C)NC(=O)OCCC[Si](C)(C)[C@](C)(CC)O[Si](C)(C)C(C)(CC)O[Si](C)(C)CCCC. The lowest BCUT2D eigenvalue weighted by molar-refractivity contribution is -0.144. The highest BCUT2D eigenvalue weighted by Crippen LogP contribution is 2.41. The number of unbranched alkanes of at least 4 members (excludes halogenated alkanes) is 1. The molecule has 0 bridgehead atoms. The Kier molecular flexibility index (Phi) is 17.1. The van der Waals surface area contributed by atoms with Crippen LogP contribution in [0.25, 0.3) is 0 Å². The number of esters is 2. The van der Waals surface area contributed by atoms with Crippen molar-refractivity contribution >= 4 is 42.7 Å². The fourth-order valence-corrected chi connectivity index (χ4v) is 16.4. The minimum Gasteiger partial charge on any atom is -0.460 e. The zero-order valence-corrected chi connectivity index (χ0v) is 32.9. The molecule has 0 fully saturated rings. The molecule has 0 aromatic rings. The van der Waals surface area contributed by atoms with Crippen LogP contribution in [-0.4, -0.2) is 78.5 Å². The van der Waals surface area contributed by atoms with Gasteiger partial charge in [-0.2, -0.15) is 0 Å². The monoisotopic (exact) mass is 673 g/mol. The van der Waals surface area contributed by atoms with Crippen LogP contribution in [-0.2, 0) is 32.7 Å². The fourth-order valence-electron chi connectivity index (χ4n) is 5.16. The Balaban J connectivity index is 5.45. The molecule has 256 valence electrons. The van der Waals surface area contributed by atoms with E-state index in [1.165, 1.54) is 12.8 Å². The summed E-state index contributed by atoms with van der Waals surface area (Å²) in [5, 5.41) is 2.11. The van der Waals surface area contributed by atoms with Gasteiger partial charge < -0.3 is 28.4 Å². The van der Waals surface area contributed by atoms with E-state index in [9.17, 15) is 14.4 Å². The molecule has 1 unspecified atom stereocenters. The van der Waals surface area contributed by atoms with E-state index < -0.39 is 48.3 Å². The number of amides is 1. The predicted molar refractivity (Wildman–Crippen MR) is 186 cm³/mol. The van der Waals surface area contributed by atoms with Crippen LogP contribution in [0.5, 0.6) is 0 Å². The maximum Gasteiger partial charge on any atom is 0.407 e. The maximum absolute atomic E-state index is 12.7. The highest BCUT2D eigenvalue weighted by atomic mass is 28.4. The smallest absolute Gasteiger partial charge is 0.407 e. The van der Waals surface area contributed by atoms with Crippen molar-refractivity contribution in [2.75, 3.05) is 19.8 Å². The van der Waals surface area contributed by atoms with E-state index in [0.29, 0.717) is 6.42 Å². The van der Waals surface area contributed by atoms with Crippen molar-refractivity contribution in [3.05, 3.63) is 25.3 Å². The van der Waals surface area contributed by atoms with Crippen molar-refractivity contribution < 1.29 is 37.4 Å². The first kappa shape index (κ1) is 42.3. The van der Waals surface area contributed by atoms with Crippen LogP contribution in [0.2, 0.25) is 51.4 Å². The maximum atomic E-state index is 12.7. The van der Waals surface area contributed by atoms with Crippen molar-refractivity contribution in [1.82, 2.24) is 5.32 Å². The fraction of sp³-hybridized carbons (Fsp3) is 0.781. The highest BCUT2D eigenvalue weighted by Gasteiger charge is 2.53. The zero-order chi connectivity index (χ0) is 34.5. The number of hydrogen-bond acceptors (Lipinski definition) is 8. The van der Waals surface area contributed by atoms with Crippen molar-refractivity contribution in [2.24, 2.45) is 0 Å². The summed E-state index contributed by atoms with van der Waals surface area (Å²) in [6.45, 7) is 33.2. The van der Waals surface area contributed by atoms with Gasteiger partial charge in [-0.05, 0) is 72.3 Å². The lowest BCUT2D eigenvalue weighted by Crippen LogP contribution is -2.66. The van der Waals surface area contributed by atoms with Gasteiger partial charge in [0, 0.05) is 17.4 Å². The molecule has 0 aliphatic heterocycles. The van der Waals surface area contributed by atoms with E-state index in [0.717, 1.165) is 37.1 Å². The zero-order valence-electron chi connectivity index (χ0n) is 29.9. The lowest BCUT2D eigenvalue weighted by Gasteiger charge is -2.53. The van der Waals surface area contributed by atoms with Gasteiger partial charge in [0.2, 0.25) is 8.32 Å². The second-order valence-electron chi connectivity index (χ2n) is 14.2. The highest BCUT2D eigenvalue weighted by molar-refractivity contribution is 6.82. The van der Waals surface area contributed by atoms with E-state index >= 15 is 0 Å². The molecule has 0 aromatic carbocycles. The summed E-state index contributed by atoms with van der Waals surface area (Å²) in [5.74, 6) is -1.32. The normalized spacial score (nSPS) is 15.4. The van der Waals surface area contributed by atoms with Crippen LogP contribution in [0.3, 0.4) is 0 Å². The molecule has 0 aliphatic rings. The first-order valence-electron chi connectivity index (χ1n) is 16.0. The summed E-state index contributed by atoms with van der Waals surface area (Å²) in [5.41, 5.74) is -1.20. The summed E-state index contributed by atoms with van der Waals surface area (Å²) in [4.78, 5) is 35.9. The van der Waals surface area contributed by atoms with Gasteiger partial charge in [-0.1, -0.05) is 65.9 Å². The molecule has 0 rings (SSSR count). The van der Waals surface area contributed by atoms with E-state index in [1.54, 1.807) is 6.92 Å². The number of nitrogens with one attached hydrogen (secondary N) is 1. The molecule has 0 aliphatic carbocycles.